The first-order valence-corrected chi connectivity index (χ1v) is 11.2. The highest BCUT2D eigenvalue weighted by Crippen LogP contribution is 2.41. The fourth-order valence-corrected chi connectivity index (χ4v) is 3.92. The van der Waals surface area contributed by atoms with Crippen molar-refractivity contribution in [2.45, 2.75) is 58.5 Å². The topological polar surface area (TPSA) is 85.8 Å². The van der Waals surface area contributed by atoms with Crippen LogP contribution in [0.1, 0.15) is 56.8 Å². The van der Waals surface area contributed by atoms with Gasteiger partial charge in [0.05, 0.1) is 21.3 Å². The van der Waals surface area contributed by atoms with Crippen LogP contribution in [0, 0.1) is 0 Å². The monoisotopic (exact) mass is 442 g/mol. The molecule has 1 aliphatic rings. The summed E-state index contributed by atoms with van der Waals surface area (Å²) >= 11 is 0. The number of nitrogens with zero attached hydrogens (tertiary/aromatic N) is 3. The van der Waals surface area contributed by atoms with Gasteiger partial charge in [0.25, 0.3) is 5.91 Å². The van der Waals surface area contributed by atoms with Gasteiger partial charge in [-0.1, -0.05) is 6.92 Å². The highest BCUT2D eigenvalue weighted by molar-refractivity contribution is 5.99. The molecule has 0 aliphatic carbocycles. The van der Waals surface area contributed by atoms with Gasteiger partial charge in [-0.15, -0.1) is 0 Å². The normalized spacial score (nSPS) is 16.9. The number of nitrogens with one attached hydrogen (secondary N) is 1. The SMILES string of the molecule is CC[C@H](C)NC(=O)c1cnc(-c2cc(OC)c(OC)c(OC)c2)nc1N1CCCC[C@@H]1C. The lowest BCUT2D eigenvalue weighted by molar-refractivity contribution is 0.0939. The summed E-state index contributed by atoms with van der Waals surface area (Å²) in [6.07, 6.45) is 5.79. The second-order valence-electron chi connectivity index (χ2n) is 8.17. The first-order valence-electron chi connectivity index (χ1n) is 11.2. The molecule has 3 rings (SSSR count). The molecule has 8 nitrogen and oxygen atoms in total. The van der Waals surface area contributed by atoms with E-state index in [1.165, 1.54) is 6.42 Å². The Kier molecular flexibility index (Phi) is 7.77. The second-order valence-corrected chi connectivity index (χ2v) is 8.17. The number of ether oxygens (including phenoxy) is 3. The Bertz CT molecular complexity index is 925. The van der Waals surface area contributed by atoms with Crippen molar-refractivity contribution in [1.82, 2.24) is 15.3 Å². The molecule has 1 amide bonds. The van der Waals surface area contributed by atoms with Crippen molar-refractivity contribution in [2.24, 2.45) is 0 Å². The summed E-state index contributed by atoms with van der Waals surface area (Å²) in [5.41, 5.74) is 1.22. The molecule has 0 saturated carbocycles. The van der Waals surface area contributed by atoms with Gasteiger partial charge in [0, 0.05) is 30.4 Å². The number of hydrogen-bond donors (Lipinski definition) is 1. The van der Waals surface area contributed by atoms with E-state index in [0.29, 0.717) is 40.5 Å². The van der Waals surface area contributed by atoms with Gasteiger partial charge < -0.3 is 24.4 Å². The third kappa shape index (κ3) is 4.89. The molecule has 8 heteroatoms. The van der Waals surface area contributed by atoms with Gasteiger partial charge in [-0.2, -0.15) is 0 Å². The highest BCUT2D eigenvalue weighted by atomic mass is 16.5. The van der Waals surface area contributed by atoms with Gasteiger partial charge in [0.2, 0.25) is 5.75 Å². The zero-order chi connectivity index (χ0) is 23.3. The maximum Gasteiger partial charge on any atom is 0.256 e. The Balaban J connectivity index is 2.11. The zero-order valence-corrected chi connectivity index (χ0v) is 19.9. The summed E-state index contributed by atoms with van der Waals surface area (Å²) in [7, 11) is 4.72. The van der Waals surface area contributed by atoms with Crippen LogP contribution in [0.3, 0.4) is 0 Å². The van der Waals surface area contributed by atoms with Crippen LogP contribution in [-0.2, 0) is 0 Å². The predicted octanol–water partition coefficient (Wildman–Crippen LogP) is 4.08. The third-order valence-corrected chi connectivity index (χ3v) is 6.00. The van der Waals surface area contributed by atoms with Crippen molar-refractivity contribution in [3.05, 3.63) is 23.9 Å². The van der Waals surface area contributed by atoms with E-state index in [9.17, 15) is 4.79 Å². The van der Waals surface area contributed by atoms with E-state index < -0.39 is 0 Å². The molecule has 0 spiro atoms. The van der Waals surface area contributed by atoms with E-state index in [2.05, 4.69) is 22.1 Å². The first kappa shape index (κ1) is 23.6. The molecule has 0 unspecified atom stereocenters. The molecule has 0 bridgehead atoms. The lowest BCUT2D eigenvalue weighted by Gasteiger charge is -2.35. The molecular formula is C24H34N4O4. The number of amides is 1. The van der Waals surface area contributed by atoms with Gasteiger partial charge in [-0.3, -0.25) is 4.79 Å². The molecule has 2 aromatic rings. The Labute approximate surface area is 190 Å². The molecule has 1 fully saturated rings. The maximum absolute atomic E-state index is 13.0. The van der Waals surface area contributed by atoms with Crippen LogP contribution in [0.15, 0.2) is 18.3 Å². The summed E-state index contributed by atoms with van der Waals surface area (Å²) in [5.74, 6) is 2.57. The Hall–Kier alpha value is -3.03. The van der Waals surface area contributed by atoms with Crippen molar-refractivity contribution in [2.75, 3.05) is 32.8 Å². The number of hydrogen-bond acceptors (Lipinski definition) is 7. The van der Waals surface area contributed by atoms with Gasteiger partial charge in [-0.05, 0) is 51.7 Å². The van der Waals surface area contributed by atoms with Crippen LogP contribution in [0.4, 0.5) is 5.82 Å². The molecule has 32 heavy (non-hydrogen) atoms. The number of methoxy groups -OCH3 is 3. The fraction of sp³-hybridized carbons (Fsp3) is 0.542. The molecule has 2 atom stereocenters. The summed E-state index contributed by atoms with van der Waals surface area (Å²) in [5, 5.41) is 3.05. The Morgan fingerprint density at radius 2 is 1.88 bits per heavy atom. The molecule has 1 saturated heterocycles. The summed E-state index contributed by atoms with van der Waals surface area (Å²) in [6.45, 7) is 7.07. The van der Waals surface area contributed by atoms with Crippen molar-refractivity contribution < 1.29 is 19.0 Å². The average molecular weight is 443 g/mol. The van der Waals surface area contributed by atoms with Crippen molar-refractivity contribution in [3.8, 4) is 28.6 Å². The standard InChI is InChI=1S/C24H34N4O4/c1-7-15(2)26-24(29)18-14-25-22(27-23(18)28-11-9-8-10-16(28)3)17-12-19(30-4)21(32-6)20(13-17)31-5/h12-16H,7-11H2,1-6H3,(H,26,29)/t15-,16-/m0/s1. The zero-order valence-electron chi connectivity index (χ0n) is 19.9. The number of benzene rings is 1. The average Bonchev–Trinajstić information content (AvgIpc) is 2.82. The van der Waals surface area contributed by atoms with E-state index in [1.54, 1.807) is 27.5 Å². The molecule has 1 aromatic heterocycles. The predicted molar refractivity (Wildman–Crippen MR) is 125 cm³/mol. The molecule has 1 aliphatic heterocycles. The highest BCUT2D eigenvalue weighted by Gasteiger charge is 2.27. The van der Waals surface area contributed by atoms with Crippen LogP contribution < -0.4 is 24.4 Å². The smallest absolute Gasteiger partial charge is 0.256 e. The van der Waals surface area contributed by atoms with E-state index in [-0.39, 0.29) is 11.9 Å². The largest absolute Gasteiger partial charge is 0.493 e. The van der Waals surface area contributed by atoms with Gasteiger partial charge in [0.1, 0.15) is 11.4 Å². The minimum Gasteiger partial charge on any atom is -0.493 e. The molecular weight excluding hydrogens is 408 g/mol. The van der Waals surface area contributed by atoms with Crippen molar-refractivity contribution >= 4 is 11.7 Å². The Morgan fingerprint density at radius 3 is 2.44 bits per heavy atom. The summed E-state index contributed by atoms with van der Waals surface area (Å²) in [6, 6.07) is 4.00. The number of anilines is 1. The number of piperidine rings is 1. The van der Waals surface area contributed by atoms with E-state index in [1.807, 2.05) is 26.0 Å². The van der Waals surface area contributed by atoms with Crippen LogP contribution in [0.25, 0.3) is 11.4 Å². The summed E-state index contributed by atoms with van der Waals surface area (Å²) < 4.78 is 16.4. The van der Waals surface area contributed by atoms with Gasteiger partial charge >= 0.3 is 0 Å². The quantitative estimate of drug-likeness (QED) is 0.659. The van der Waals surface area contributed by atoms with Crippen LogP contribution >= 0.6 is 0 Å². The lowest BCUT2D eigenvalue weighted by Crippen LogP contribution is -2.40. The molecule has 1 aromatic carbocycles. The first-order chi connectivity index (χ1) is 15.4. The molecule has 0 radical (unpaired) electrons. The molecule has 1 N–H and O–H groups in total. The van der Waals surface area contributed by atoms with Gasteiger partial charge in [0.15, 0.2) is 17.3 Å². The van der Waals surface area contributed by atoms with Crippen molar-refractivity contribution in [3.63, 3.8) is 0 Å². The van der Waals surface area contributed by atoms with Gasteiger partial charge in [-0.25, -0.2) is 9.97 Å². The molecule has 174 valence electrons. The maximum atomic E-state index is 13.0. The van der Waals surface area contributed by atoms with Crippen LogP contribution in [0.2, 0.25) is 0 Å². The van der Waals surface area contributed by atoms with Crippen LogP contribution in [-0.4, -0.2) is 55.8 Å². The lowest BCUT2D eigenvalue weighted by atomic mass is 10.0. The van der Waals surface area contributed by atoms with E-state index in [4.69, 9.17) is 19.2 Å². The molecule has 2 heterocycles. The van der Waals surface area contributed by atoms with E-state index in [0.717, 1.165) is 31.4 Å². The number of carbonyl (C=O) groups excluding carboxylic acids is 1. The Morgan fingerprint density at radius 1 is 1.19 bits per heavy atom. The minimum absolute atomic E-state index is 0.0731. The second kappa shape index (κ2) is 10.5. The number of aromatic nitrogens is 2. The third-order valence-electron chi connectivity index (χ3n) is 6.00. The van der Waals surface area contributed by atoms with Crippen molar-refractivity contribution in [1.29, 1.82) is 0 Å². The van der Waals surface area contributed by atoms with Crippen LogP contribution in [0.5, 0.6) is 17.2 Å². The summed E-state index contributed by atoms with van der Waals surface area (Å²) in [4.78, 5) is 24.7. The fourth-order valence-electron chi connectivity index (χ4n) is 3.92. The van der Waals surface area contributed by atoms with E-state index >= 15 is 0 Å². The number of rotatable bonds is 8. The number of carbonyl (C=O) groups is 1. The minimum atomic E-state index is -0.149.